The molecule has 1 rings (SSSR count). The van der Waals surface area contributed by atoms with Gasteiger partial charge in [0.15, 0.2) is 0 Å². The number of carbonyl (C=O) groups is 1. The lowest BCUT2D eigenvalue weighted by molar-refractivity contribution is -0.116. The largest absolute Gasteiger partial charge is 0.326 e. The SMILES string of the molecule is CC(=O)Cc1cccc(=O)[nH]1. The van der Waals surface area contributed by atoms with Crippen molar-refractivity contribution in [1.29, 1.82) is 0 Å². The highest BCUT2D eigenvalue weighted by Gasteiger charge is 1.96. The number of pyridine rings is 1. The Hall–Kier alpha value is -1.38. The summed E-state index contributed by atoms with van der Waals surface area (Å²) < 4.78 is 0. The van der Waals surface area contributed by atoms with Gasteiger partial charge in [0.2, 0.25) is 5.56 Å². The summed E-state index contributed by atoms with van der Waals surface area (Å²) in [6.07, 6.45) is 0.302. The van der Waals surface area contributed by atoms with Crippen LogP contribution in [0.3, 0.4) is 0 Å². The molecular formula is C8H9NO2. The molecule has 1 heterocycles. The Morgan fingerprint density at radius 2 is 2.27 bits per heavy atom. The quantitative estimate of drug-likeness (QED) is 0.669. The number of Topliss-reactive ketones (excluding diaryl/α,β-unsaturated/α-hetero) is 1. The van der Waals surface area contributed by atoms with E-state index in [1.807, 2.05) is 0 Å². The van der Waals surface area contributed by atoms with Gasteiger partial charge in [0, 0.05) is 18.2 Å². The zero-order valence-electron chi connectivity index (χ0n) is 6.26. The van der Waals surface area contributed by atoms with Crippen LogP contribution in [0, 0.1) is 0 Å². The van der Waals surface area contributed by atoms with Crippen LogP contribution < -0.4 is 5.56 Å². The van der Waals surface area contributed by atoms with Crippen LogP contribution in [0.5, 0.6) is 0 Å². The Bertz CT molecular complexity index is 314. The minimum atomic E-state index is -0.163. The molecule has 0 unspecified atom stereocenters. The summed E-state index contributed by atoms with van der Waals surface area (Å²) in [7, 11) is 0. The second kappa shape index (κ2) is 3.14. The predicted octanol–water partition coefficient (Wildman–Crippen LogP) is 0.506. The van der Waals surface area contributed by atoms with Crippen LogP contribution in [-0.4, -0.2) is 10.8 Å². The lowest BCUT2D eigenvalue weighted by Crippen LogP contribution is -2.08. The zero-order valence-corrected chi connectivity index (χ0v) is 6.26. The molecule has 0 atom stereocenters. The molecule has 1 N–H and O–H groups in total. The number of hydrogen-bond acceptors (Lipinski definition) is 2. The van der Waals surface area contributed by atoms with E-state index in [9.17, 15) is 9.59 Å². The van der Waals surface area contributed by atoms with E-state index in [0.29, 0.717) is 12.1 Å². The summed E-state index contributed by atoms with van der Waals surface area (Å²) in [6, 6.07) is 4.78. The van der Waals surface area contributed by atoms with E-state index in [1.54, 1.807) is 12.1 Å². The molecule has 0 spiro atoms. The van der Waals surface area contributed by atoms with Crippen molar-refractivity contribution in [3.8, 4) is 0 Å². The molecule has 0 fully saturated rings. The fraction of sp³-hybridized carbons (Fsp3) is 0.250. The number of rotatable bonds is 2. The molecule has 0 saturated carbocycles. The third kappa shape index (κ3) is 2.37. The first-order valence-corrected chi connectivity index (χ1v) is 3.36. The number of hydrogen-bond donors (Lipinski definition) is 1. The lowest BCUT2D eigenvalue weighted by Gasteiger charge is -1.94. The minimum Gasteiger partial charge on any atom is -0.326 e. The number of H-pyrrole nitrogens is 1. The summed E-state index contributed by atoms with van der Waals surface area (Å²) in [5.41, 5.74) is 0.508. The highest BCUT2D eigenvalue weighted by molar-refractivity contribution is 5.77. The molecule has 0 aliphatic rings. The van der Waals surface area contributed by atoms with Crippen molar-refractivity contribution in [1.82, 2.24) is 4.98 Å². The highest BCUT2D eigenvalue weighted by Crippen LogP contribution is 1.91. The first-order chi connectivity index (χ1) is 5.18. The number of aromatic amines is 1. The van der Waals surface area contributed by atoms with Crippen LogP contribution in [0.1, 0.15) is 12.6 Å². The second-order valence-electron chi connectivity index (χ2n) is 2.42. The van der Waals surface area contributed by atoms with Crippen molar-refractivity contribution in [2.75, 3.05) is 0 Å². The maximum atomic E-state index is 10.7. The topological polar surface area (TPSA) is 49.9 Å². The molecule has 11 heavy (non-hydrogen) atoms. The number of aromatic nitrogens is 1. The van der Waals surface area contributed by atoms with Crippen LogP contribution in [0.15, 0.2) is 23.0 Å². The Morgan fingerprint density at radius 3 is 2.82 bits per heavy atom. The molecule has 0 bridgehead atoms. The molecule has 0 aromatic carbocycles. The molecule has 0 aliphatic heterocycles. The first kappa shape index (κ1) is 7.72. The van der Waals surface area contributed by atoms with Crippen LogP contribution in [-0.2, 0) is 11.2 Å². The zero-order chi connectivity index (χ0) is 8.27. The van der Waals surface area contributed by atoms with Gasteiger partial charge in [-0.05, 0) is 13.0 Å². The van der Waals surface area contributed by atoms with Crippen molar-refractivity contribution in [2.24, 2.45) is 0 Å². The van der Waals surface area contributed by atoms with E-state index in [2.05, 4.69) is 4.98 Å². The van der Waals surface area contributed by atoms with Gasteiger partial charge in [-0.1, -0.05) is 6.07 Å². The van der Waals surface area contributed by atoms with Gasteiger partial charge in [0.1, 0.15) is 5.78 Å². The van der Waals surface area contributed by atoms with Gasteiger partial charge in [-0.15, -0.1) is 0 Å². The summed E-state index contributed by atoms with van der Waals surface area (Å²) >= 11 is 0. The van der Waals surface area contributed by atoms with Gasteiger partial charge < -0.3 is 4.98 Å². The average Bonchev–Trinajstić information content (AvgIpc) is 1.85. The van der Waals surface area contributed by atoms with Crippen molar-refractivity contribution < 1.29 is 4.79 Å². The summed E-state index contributed by atoms with van der Waals surface area (Å²) in [6.45, 7) is 1.49. The van der Waals surface area contributed by atoms with E-state index in [-0.39, 0.29) is 11.3 Å². The molecular weight excluding hydrogens is 142 g/mol. The van der Waals surface area contributed by atoms with Gasteiger partial charge >= 0.3 is 0 Å². The fourth-order valence-electron chi connectivity index (χ4n) is 0.865. The van der Waals surface area contributed by atoms with Crippen molar-refractivity contribution in [3.05, 3.63) is 34.2 Å². The molecule has 3 nitrogen and oxygen atoms in total. The van der Waals surface area contributed by atoms with Crippen molar-refractivity contribution in [3.63, 3.8) is 0 Å². The molecule has 0 amide bonds. The van der Waals surface area contributed by atoms with E-state index in [0.717, 1.165) is 0 Å². The Labute approximate surface area is 64.1 Å². The Balaban J connectivity index is 2.88. The lowest BCUT2D eigenvalue weighted by atomic mass is 10.2. The smallest absolute Gasteiger partial charge is 0.248 e. The third-order valence-corrected chi connectivity index (χ3v) is 1.27. The van der Waals surface area contributed by atoms with Gasteiger partial charge in [-0.2, -0.15) is 0 Å². The Kier molecular flexibility index (Phi) is 2.21. The summed E-state index contributed by atoms with van der Waals surface area (Å²) in [5.74, 6) is 0.0480. The number of carbonyl (C=O) groups excluding carboxylic acids is 1. The second-order valence-corrected chi connectivity index (χ2v) is 2.42. The third-order valence-electron chi connectivity index (χ3n) is 1.27. The van der Waals surface area contributed by atoms with Crippen LogP contribution in [0.2, 0.25) is 0 Å². The average molecular weight is 151 g/mol. The van der Waals surface area contributed by atoms with E-state index < -0.39 is 0 Å². The predicted molar refractivity (Wildman–Crippen MR) is 41.4 cm³/mol. The molecule has 1 aromatic rings. The minimum absolute atomic E-state index is 0.0480. The van der Waals surface area contributed by atoms with Crippen LogP contribution in [0.25, 0.3) is 0 Å². The van der Waals surface area contributed by atoms with Crippen molar-refractivity contribution in [2.45, 2.75) is 13.3 Å². The monoisotopic (exact) mass is 151 g/mol. The Morgan fingerprint density at radius 1 is 1.55 bits per heavy atom. The van der Waals surface area contributed by atoms with E-state index in [4.69, 9.17) is 0 Å². The van der Waals surface area contributed by atoms with Crippen molar-refractivity contribution >= 4 is 5.78 Å². The summed E-state index contributed by atoms with van der Waals surface area (Å²) in [4.78, 5) is 23.9. The maximum absolute atomic E-state index is 10.7. The van der Waals surface area contributed by atoms with Gasteiger partial charge in [0.25, 0.3) is 0 Å². The maximum Gasteiger partial charge on any atom is 0.248 e. The normalized spacial score (nSPS) is 9.55. The van der Waals surface area contributed by atoms with E-state index in [1.165, 1.54) is 13.0 Å². The number of ketones is 1. The van der Waals surface area contributed by atoms with Gasteiger partial charge in [0.05, 0.1) is 0 Å². The van der Waals surface area contributed by atoms with Crippen LogP contribution in [0.4, 0.5) is 0 Å². The molecule has 1 aromatic heterocycles. The molecule has 0 saturated heterocycles. The molecule has 0 aliphatic carbocycles. The highest BCUT2D eigenvalue weighted by atomic mass is 16.1. The fourth-order valence-corrected chi connectivity index (χ4v) is 0.865. The van der Waals surface area contributed by atoms with E-state index >= 15 is 0 Å². The molecule has 0 radical (unpaired) electrons. The van der Waals surface area contributed by atoms with Crippen LogP contribution >= 0.6 is 0 Å². The molecule has 58 valence electrons. The number of nitrogens with one attached hydrogen (secondary N) is 1. The van der Waals surface area contributed by atoms with Gasteiger partial charge in [-0.3, -0.25) is 9.59 Å². The molecule has 3 heteroatoms. The first-order valence-electron chi connectivity index (χ1n) is 3.36. The standard InChI is InChI=1S/C8H9NO2/c1-6(10)5-7-3-2-4-8(11)9-7/h2-4H,5H2,1H3,(H,9,11). The van der Waals surface area contributed by atoms with Gasteiger partial charge in [-0.25, -0.2) is 0 Å². The summed E-state index contributed by atoms with van der Waals surface area (Å²) in [5, 5.41) is 0.